The molecule has 0 unspecified atom stereocenters. The van der Waals surface area contributed by atoms with E-state index in [1.165, 1.54) is 24.4 Å². The van der Waals surface area contributed by atoms with Gasteiger partial charge in [-0.05, 0) is 22.0 Å². The summed E-state index contributed by atoms with van der Waals surface area (Å²) in [6.07, 6.45) is 1.45. The van der Waals surface area contributed by atoms with Crippen LogP contribution in [0.25, 0.3) is 5.65 Å². The third-order valence-corrected chi connectivity index (χ3v) is 3.79. The fourth-order valence-electron chi connectivity index (χ4n) is 2.04. The molecule has 1 amide bonds. The number of carbonyl (C=O) groups is 1. The number of carbonyl (C=O) groups excluding carboxylic acids is 1. The van der Waals surface area contributed by atoms with E-state index in [4.69, 9.17) is 0 Å². The van der Waals surface area contributed by atoms with Crippen LogP contribution in [0.2, 0.25) is 0 Å². The Bertz CT molecular complexity index is 966. The number of aromatic amines is 1. The first kappa shape index (κ1) is 15.2. The van der Waals surface area contributed by atoms with Crippen molar-refractivity contribution < 1.29 is 14.3 Å². The van der Waals surface area contributed by atoms with Crippen molar-refractivity contribution >= 4 is 27.5 Å². The van der Waals surface area contributed by atoms with Crippen LogP contribution in [0.15, 0.2) is 39.7 Å². The molecule has 0 spiro atoms. The third-order valence-electron chi connectivity index (χ3n) is 3.21. The van der Waals surface area contributed by atoms with Crippen LogP contribution in [0.5, 0.6) is 5.75 Å². The lowest BCUT2D eigenvalue weighted by Gasteiger charge is -2.07. The molecule has 0 fully saturated rings. The number of aromatic hydroxyl groups is 1. The highest BCUT2D eigenvalue weighted by Gasteiger charge is 2.20. The molecule has 1 aromatic carbocycles. The van der Waals surface area contributed by atoms with E-state index in [-0.39, 0.29) is 17.8 Å². The van der Waals surface area contributed by atoms with E-state index in [1.54, 1.807) is 6.07 Å². The van der Waals surface area contributed by atoms with E-state index in [9.17, 15) is 19.1 Å². The number of H-pyrrole nitrogens is 1. The van der Waals surface area contributed by atoms with Crippen LogP contribution < -0.4 is 10.9 Å². The smallest absolute Gasteiger partial charge is 0.315 e. The summed E-state index contributed by atoms with van der Waals surface area (Å²) in [4.78, 5) is 28.1. The Morgan fingerprint density at radius 3 is 2.91 bits per heavy atom. The van der Waals surface area contributed by atoms with Crippen molar-refractivity contribution in [1.82, 2.24) is 19.9 Å². The zero-order chi connectivity index (χ0) is 16.6. The van der Waals surface area contributed by atoms with Gasteiger partial charge in [0.25, 0.3) is 5.91 Å². The van der Waals surface area contributed by atoms with Gasteiger partial charge in [0.2, 0.25) is 5.75 Å². The molecular formula is C14H10BrFN4O3. The van der Waals surface area contributed by atoms with Gasteiger partial charge in [0.1, 0.15) is 5.82 Å². The second-order valence-electron chi connectivity index (χ2n) is 4.67. The van der Waals surface area contributed by atoms with Gasteiger partial charge >= 0.3 is 5.56 Å². The van der Waals surface area contributed by atoms with Gasteiger partial charge < -0.3 is 10.4 Å². The molecule has 0 bridgehead atoms. The van der Waals surface area contributed by atoms with Crippen molar-refractivity contribution in [3.63, 3.8) is 0 Å². The third kappa shape index (κ3) is 2.70. The molecule has 2 heterocycles. The SMILES string of the molecule is O=C(NCc1ccccc1F)c1nc2c(Br)c[nH]n2c(=O)c1O. The highest BCUT2D eigenvalue weighted by atomic mass is 79.9. The summed E-state index contributed by atoms with van der Waals surface area (Å²) in [6.45, 7) is -0.0969. The van der Waals surface area contributed by atoms with Gasteiger partial charge in [-0.1, -0.05) is 18.2 Å². The molecule has 0 saturated heterocycles. The average Bonchev–Trinajstić information content (AvgIpc) is 2.91. The first-order valence-electron chi connectivity index (χ1n) is 6.49. The van der Waals surface area contributed by atoms with Gasteiger partial charge in [-0.15, -0.1) is 0 Å². The van der Waals surface area contributed by atoms with Gasteiger partial charge in [0.05, 0.1) is 4.47 Å². The number of hydrogen-bond acceptors (Lipinski definition) is 4. The molecule has 2 aromatic heterocycles. The highest BCUT2D eigenvalue weighted by Crippen LogP contribution is 2.17. The quantitative estimate of drug-likeness (QED) is 0.641. The Morgan fingerprint density at radius 2 is 2.17 bits per heavy atom. The van der Waals surface area contributed by atoms with Crippen LogP contribution in [0.4, 0.5) is 4.39 Å². The molecule has 0 aliphatic carbocycles. The monoisotopic (exact) mass is 380 g/mol. The number of fused-ring (bicyclic) bond motifs is 1. The molecule has 0 aliphatic rings. The predicted molar refractivity (Wildman–Crippen MR) is 82.7 cm³/mol. The molecule has 0 atom stereocenters. The molecule has 0 saturated carbocycles. The first-order chi connectivity index (χ1) is 11.0. The van der Waals surface area contributed by atoms with Gasteiger partial charge in [0, 0.05) is 18.3 Å². The Balaban J connectivity index is 1.92. The number of amides is 1. The zero-order valence-electron chi connectivity index (χ0n) is 11.5. The molecule has 3 aromatic rings. The van der Waals surface area contributed by atoms with Crippen molar-refractivity contribution in [2.45, 2.75) is 6.54 Å². The predicted octanol–water partition coefficient (Wildman–Crippen LogP) is 1.56. The summed E-state index contributed by atoms with van der Waals surface area (Å²) in [5.41, 5.74) is -0.798. The van der Waals surface area contributed by atoms with E-state index in [0.717, 1.165) is 4.52 Å². The summed E-state index contributed by atoms with van der Waals surface area (Å²) in [6, 6.07) is 5.96. The zero-order valence-corrected chi connectivity index (χ0v) is 13.1. The van der Waals surface area contributed by atoms with Crippen molar-refractivity contribution in [3.8, 4) is 5.75 Å². The average molecular weight is 381 g/mol. The minimum atomic E-state index is -0.809. The number of benzene rings is 1. The lowest BCUT2D eigenvalue weighted by molar-refractivity contribution is 0.0942. The Labute approximate surface area is 136 Å². The van der Waals surface area contributed by atoms with Crippen molar-refractivity contribution in [2.24, 2.45) is 0 Å². The lowest BCUT2D eigenvalue weighted by Crippen LogP contribution is -2.27. The van der Waals surface area contributed by atoms with E-state index in [2.05, 4.69) is 31.3 Å². The molecule has 0 aliphatic heterocycles. The highest BCUT2D eigenvalue weighted by molar-refractivity contribution is 9.10. The maximum atomic E-state index is 13.5. The summed E-state index contributed by atoms with van der Waals surface area (Å²) in [5, 5.41) is 14.9. The number of halogens is 2. The molecular weight excluding hydrogens is 371 g/mol. The Hall–Kier alpha value is -2.68. The maximum absolute atomic E-state index is 13.5. The second kappa shape index (κ2) is 5.84. The lowest BCUT2D eigenvalue weighted by atomic mass is 10.2. The normalized spacial score (nSPS) is 10.9. The van der Waals surface area contributed by atoms with Crippen LogP contribution in [0.1, 0.15) is 16.1 Å². The number of rotatable bonds is 3. The van der Waals surface area contributed by atoms with E-state index in [1.807, 2.05) is 0 Å². The van der Waals surface area contributed by atoms with Crippen molar-refractivity contribution in [1.29, 1.82) is 0 Å². The van der Waals surface area contributed by atoms with Gasteiger partial charge in [-0.2, -0.15) is 4.52 Å². The Morgan fingerprint density at radius 1 is 1.43 bits per heavy atom. The largest absolute Gasteiger partial charge is 0.501 e. The van der Waals surface area contributed by atoms with E-state index < -0.39 is 28.7 Å². The Kier molecular flexibility index (Phi) is 3.87. The molecule has 3 N–H and O–H groups in total. The van der Waals surface area contributed by atoms with Crippen LogP contribution >= 0.6 is 15.9 Å². The molecule has 23 heavy (non-hydrogen) atoms. The number of aromatic nitrogens is 3. The van der Waals surface area contributed by atoms with Crippen LogP contribution in [0.3, 0.4) is 0 Å². The number of nitrogens with one attached hydrogen (secondary N) is 2. The minimum absolute atomic E-state index is 0.0969. The molecule has 3 rings (SSSR count). The summed E-state index contributed by atoms with van der Waals surface area (Å²) in [5.74, 6) is -2.03. The fourth-order valence-corrected chi connectivity index (χ4v) is 2.41. The van der Waals surface area contributed by atoms with Crippen LogP contribution in [-0.2, 0) is 6.54 Å². The van der Waals surface area contributed by atoms with Gasteiger partial charge in [-0.3, -0.25) is 14.7 Å². The first-order valence-corrected chi connectivity index (χ1v) is 7.28. The summed E-state index contributed by atoms with van der Waals surface area (Å²) < 4.78 is 15.0. The standard InChI is InChI=1S/C14H10BrFN4O3/c15-8-6-18-20-12(8)19-10(11(21)14(20)23)13(22)17-5-7-3-1-2-4-9(7)16/h1-4,6,18,21H,5H2,(H,17,22). The minimum Gasteiger partial charge on any atom is -0.501 e. The van der Waals surface area contributed by atoms with E-state index >= 15 is 0 Å². The topological polar surface area (TPSA) is 99.5 Å². The molecule has 7 nitrogen and oxygen atoms in total. The van der Waals surface area contributed by atoms with Gasteiger partial charge in [0.15, 0.2) is 11.3 Å². The van der Waals surface area contributed by atoms with Crippen LogP contribution in [-0.4, -0.2) is 25.6 Å². The molecule has 0 radical (unpaired) electrons. The maximum Gasteiger partial charge on any atom is 0.315 e. The van der Waals surface area contributed by atoms with Crippen molar-refractivity contribution in [2.75, 3.05) is 0 Å². The van der Waals surface area contributed by atoms with Crippen molar-refractivity contribution in [3.05, 3.63) is 62.4 Å². The van der Waals surface area contributed by atoms with E-state index in [0.29, 0.717) is 4.47 Å². The summed E-state index contributed by atoms with van der Waals surface area (Å²) >= 11 is 3.18. The second-order valence-corrected chi connectivity index (χ2v) is 5.52. The number of nitrogens with zero attached hydrogens (tertiary/aromatic N) is 2. The number of hydrogen-bond donors (Lipinski definition) is 3. The fraction of sp³-hybridized carbons (Fsp3) is 0.0714. The molecule has 118 valence electrons. The van der Waals surface area contributed by atoms with Gasteiger partial charge in [-0.25, -0.2) is 9.37 Å². The molecule has 9 heteroatoms. The van der Waals surface area contributed by atoms with Crippen LogP contribution in [0, 0.1) is 5.82 Å². The summed E-state index contributed by atoms with van der Waals surface area (Å²) in [7, 11) is 0.